The van der Waals surface area contributed by atoms with E-state index in [1.54, 1.807) is 22.5 Å². The highest BCUT2D eigenvalue weighted by Crippen LogP contribution is 2.22. The topological polar surface area (TPSA) is 63.4 Å². The van der Waals surface area contributed by atoms with Crippen molar-refractivity contribution in [2.24, 2.45) is 5.73 Å². The van der Waals surface area contributed by atoms with Gasteiger partial charge in [0.1, 0.15) is 0 Å². The summed E-state index contributed by atoms with van der Waals surface area (Å²) in [5.41, 5.74) is 7.50. The van der Waals surface area contributed by atoms with Crippen LogP contribution >= 0.6 is 0 Å². The normalized spacial score (nSPS) is 17.5. The van der Waals surface area contributed by atoms with E-state index in [1.807, 2.05) is 6.92 Å². The number of rotatable bonds is 3. The van der Waals surface area contributed by atoms with E-state index in [0.29, 0.717) is 24.5 Å². The van der Waals surface area contributed by atoms with E-state index in [9.17, 15) is 8.42 Å². The molecule has 1 saturated heterocycles. The van der Waals surface area contributed by atoms with Gasteiger partial charge in [-0.1, -0.05) is 6.07 Å². The van der Waals surface area contributed by atoms with Gasteiger partial charge in [0.05, 0.1) is 4.90 Å². The van der Waals surface area contributed by atoms with Gasteiger partial charge in [0, 0.05) is 19.6 Å². The highest BCUT2D eigenvalue weighted by Gasteiger charge is 2.27. The molecule has 1 aliphatic heterocycles. The molecule has 0 spiro atoms. The molecule has 1 heterocycles. The largest absolute Gasteiger partial charge is 0.326 e. The first-order valence-electron chi connectivity index (χ1n) is 5.85. The Kier molecular flexibility index (Phi) is 3.51. The quantitative estimate of drug-likeness (QED) is 0.882. The van der Waals surface area contributed by atoms with Crippen LogP contribution in [0.15, 0.2) is 23.1 Å². The van der Waals surface area contributed by atoms with E-state index in [1.165, 1.54) is 0 Å². The van der Waals surface area contributed by atoms with Crippen LogP contribution in [-0.2, 0) is 16.6 Å². The van der Waals surface area contributed by atoms with Crippen LogP contribution in [0.1, 0.15) is 24.0 Å². The third-order valence-corrected chi connectivity index (χ3v) is 5.13. The first kappa shape index (κ1) is 12.5. The molecular weight excluding hydrogens is 236 g/mol. The average molecular weight is 254 g/mol. The van der Waals surface area contributed by atoms with Crippen molar-refractivity contribution in [3.63, 3.8) is 0 Å². The van der Waals surface area contributed by atoms with Crippen molar-refractivity contribution in [3.05, 3.63) is 29.3 Å². The fourth-order valence-corrected chi connectivity index (χ4v) is 3.74. The van der Waals surface area contributed by atoms with Crippen molar-refractivity contribution in [1.29, 1.82) is 0 Å². The van der Waals surface area contributed by atoms with Crippen molar-refractivity contribution in [1.82, 2.24) is 4.31 Å². The zero-order chi connectivity index (χ0) is 12.5. The summed E-state index contributed by atoms with van der Waals surface area (Å²) in [5.74, 6) is 0. The second-order valence-electron chi connectivity index (χ2n) is 4.40. The van der Waals surface area contributed by atoms with E-state index in [0.717, 1.165) is 24.0 Å². The number of aryl methyl sites for hydroxylation is 1. The predicted octanol–water partition coefficient (Wildman–Crippen LogP) is 1.24. The number of nitrogens with zero attached hydrogens (tertiary/aromatic N) is 1. The predicted molar refractivity (Wildman–Crippen MR) is 67.1 cm³/mol. The Morgan fingerprint density at radius 3 is 2.47 bits per heavy atom. The fraction of sp³-hybridized carbons (Fsp3) is 0.500. The third kappa shape index (κ3) is 2.36. The molecule has 0 amide bonds. The van der Waals surface area contributed by atoms with Gasteiger partial charge < -0.3 is 5.73 Å². The summed E-state index contributed by atoms with van der Waals surface area (Å²) in [6, 6.07) is 5.18. The summed E-state index contributed by atoms with van der Waals surface area (Å²) >= 11 is 0. The maximum absolute atomic E-state index is 12.3. The number of nitrogens with two attached hydrogens (primary N) is 1. The lowest BCUT2D eigenvalue weighted by atomic mass is 10.1. The summed E-state index contributed by atoms with van der Waals surface area (Å²) in [5, 5.41) is 0. The van der Waals surface area contributed by atoms with Crippen LogP contribution < -0.4 is 5.73 Å². The minimum atomic E-state index is -3.29. The zero-order valence-electron chi connectivity index (χ0n) is 10.0. The summed E-state index contributed by atoms with van der Waals surface area (Å²) < 4.78 is 26.1. The molecular formula is C12H18N2O2S. The smallest absolute Gasteiger partial charge is 0.243 e. The lowest BCUT2D eigenvalue weighted by molar-refractivity contribution is 0.477. The molecule has 0 aromatic heterocycles. The van der Waals surface area contributed by atoms with Crippen molar-refractivity contribution < 1.29 is 8.42 Å². The maximum Gasteiger partial charge on any atom is 0.243 e. The molecule has 0 atom stereocenters. The molecule has 0 saturated carbocycles. The second kappa shape index (κ2) is 4.76. The van der Waals surface area contributed by atoms with Crippen LogP contribution in [0, 0.1) is 6.92 Å². The maximum atomic E-state index is 12.3. The van der Waals surface area contributed by atoms with Crippen molar-refractivity contribution in [2.75, 3.05) is 13.1 Å². The van der Waals surface area contributed by atoms with Gasteiger partial charge >= 0.3 is 0 Å². The van der Waals surface area contributed by atoms with Crippen molar-refractivity contribution in [2.45, 2.75) is 31.2 Å². The summed E-state index contributed by atoms with van der Waals surface area (Å²) in [7, 11) is -3.29. The zero-order valence-corrected chi connectivity index (χ0v) is 10.8. The molecule has 1 aromatic carbocycles. The van der Waals surface area contributed by atoms with E-state index < -0.39 is 10.0 Å². The highest BCUT2D eigenvalue weighted by atomic mass is 32.2. The number of sulfonamides is 1. The Labute approximate surface area is 102 Å². The van der Waals surface area contributed by atoms with E-state index in [2.05, 4.69) is 0 Å². The second-order valence-corrected chi connectivity index (χ2v) is 6.34. The molecule has 5 heteroatoms. The Morgan fingerprint density at radius 1 is 1.29 bits per heavy atom. The average Bonchev–Trinajstić information content (AvgIpc) is 2.83. The highest BCUT2D eigenvalue weighted by molar-refractivity contribution is 7.89. The molecule has 1 fully saturated rings. The first-order valence-corrected chi connectivity index (χ1v) is 7.29. The van der Waals surface area contributed by atoms with Crippen LogP contribution in [0.4, 0.5) is 0 Å². The molecule has 1 aliphatic rings. The summed E-state index contributed by atoms with van der Waals surface area (Å²) in [6.45, 7) is 3.61. The molecule has 0 unspecified atom stereocenters. The molecule has 0 aliphatic carbocycles. The SMILES string of the molecule is Cc1cc(S(=O)(=O)N2CCCC2)ccc1CN. The van der Waals surface area contributed by atoms with Gasteiger partial charge in [0.2, 0.25) is 10.0 Å². The van der Waals surface area contributed by atoms with E-state index in [4.69, 9.17) is 5.73 Å². The van der Waals surface area contributed by atoms with E-state index >= 15 is 0 Å². The van der Waals surface area contributed by atoms with Crippen LogP contribution in [0.25, 0.3) is 0 Å². The Balaban J connectivity index is 2.36. The summed E-state index contributed by atoms with van der Waals surface area (Å²) in [4.78, 5) is 0.383. The van der Waals surface area contributed by atoms with E-state index in [-0.39, 0.29) is 0 Å². The van der Waals surface area contributed by atoms with Gasteiger partial charge in [0.15, 0.2) is 0 Å². The first-order chi connectivity index (χ1) is 8.05. The lowest BCUT2D eigenvalue weighted by Gasteiger charge is -2.16. The number of benzene rings is 1. The summed E-state index contributed by atoms with van der Waals surface area (Å²) in [6.07, 6.45) is 1.91. The van der Waals surface area contributed by atoms with Gasteiger partial charge in [-0.15, -0.1) is 0 Å². The van der Waals surface area contributed by atoms with Crippen LogP contribution in [0.3, 0.4) is 0 Å². The van der Waals surface area contributed by atoms with Gasteiger partial charge in [-0.3, -0.25) is 0 Å². The molecule has 17 heavy (non-hydrogen) atoms. The molecule has 2 rings (SSSR count). The lowest BCUT2D eigenvalue weighted by Crippen LogP contribution is -2.27. The fourth-order valence-electron chi connectivity index (χ4n) is 2.14. The standard InChI is InChI=1S/C12H18N2O2S/c1-10-8-12(5-4-11(10)9-13)17(15,16)14-6-2-3-7-14/h4-5,8H,2-3,6-7,9,13H2,1H3. The van der Waals surface area contributed by atoms with Gasteiger partial charge in [0.25, 0.3) is 0 Å². The monoisotopic (exact) mass is 254 g/mol. The number of hydrogen-bond donors (Lipinski definition) is 1. The molecule has 0 bridgehead atoms. The van der Waals surface area contributed by atoms with Crippen LogP contribution in [0.2, 0.25) is 0 Å². The van der Waals surface area contributed by atoms with Crippen LogP contribution in [-0.4, -0.2) is 25.8 Å². The van der Waals surface area contributed by atoms with Crippen molar-refractivity contribution >= 4 is 10.0 Å². The molecule has 2 N–H and O–H groups in total. The minimum Gasteiger partial charge on any atom is -0.326 e. The third-order valence-electron chi connectivity index (χ3n) is 3.24. The molecule has 94 valence electrons. The van der Waals surface area contributed by atoms with Gasteiger partial charge in [-0.25, -0.2) is 8.42 Å². The molecule has 4 nitrogen and oxygen atoms in total. The Bertz CT molecular complexity index is 505. The molecule has 0 radical (unpaired) electrons. The Morgan fingerprint density at radius 2 is 1.94 bits per heavy atom. The Hall–Kier alpha value is -0.910. The molecule has 1 aromatic rings. The number of hydrogen-bond acceptors (Lipinski definition) is 3. The van der Waals surface area contributed by atoms with Crippen molar-refractivity contribution in [3.8, 4) is 0 Å². The van der Waals surface area contributed by atoms with Gasteiger partial charge in [-0.05, 0) is 43.0 Å². The minimum absolute atomic E-state index is 0.383. The van der Waals surface area contributed by atoms with Crippen LogP contribution in [0.5, 0.6) is 0 Å². The van der Waals surface area contributed by atoms with Gasteiger partial charge in [-0.2, -0.15) is 4.31 Å².